The molecule has 0 aliphatic carbocycles. The molecule has 7 nitrogen and oxygen atoms in total. The Morgan fingerprint density at radius 1 is 1.22 bits per heavy atom. The zero-order chi connectivity index (χ0) is 18.8. The van der Waals surface area contributed by atoms with Crippen LogP contribution in [0.3, 0.4) is 0 Å². The number of amides is 1. The highest BCUT2D eigenvalue weighted by Crippen LogP contribution is 2.20. The summed E-state index contributed by atoms with van der Waals surface area (Å²) in [4.78, 5) is 17.0. The highest BCUT2D eigenvalue weighted by atomic mass is 16.5. The largest absolute Gasteiger partial charge is 0.490 e. The Bertz CT molecular complexity index is 958. The summed E-state index contributed by atoms with van der Waals surface area (Å²) in [7, 11) is 0. The molecule has 0 unspecified atom stereocenters. The maximum absolute atomic E-state index is 12.6. The zero-order valence-electron chi connectivity index (χ0n) is 15.5. The van der Waals surface area contributed by atoms with E-state index in [1.165, 1.54) is 0 Å². The van der Waals surface area contributed by atoms with Crippen molar-refractivity contribution in [3.8, 4) is 5.75 Å². The van der Waals surface area contributed by atoms with Crippen LogP contribution in [0.4, 0.5) is 5.69 Å². The zero-order valence-corrected chi connectivity index (χ0v) is 15.5. The van der Waals surface area contributed by atoms with E-state index >= 15 is 0 Å². The minimum Gasteiger partial charge on any atom is -0.490 e. The number of anilines is 1. The summed E-state index contributed by atoms with van der Waals surface area (Å²) in [6.07, 6.45) is 3.99. The summed E-state index contributed by atoms with van der Waals surface area (Å²) in [5.74, 6) is 1.33. The van der Waals surface area contributed by atoms with Crippen molar-refractivity contribution in [1.29, 1.82) is 0 Å². The molecule has 1 aliphatic heterocycles. The van der Waals surface area contributed by atoms with Gasteiger partial charge in [-0.1, -0.05) is 0 Å². The smallest absolute Gasteiger partial charge is 0.257 e. The normalized spacial score (nSPS) is 15.0. The van der Waals surface area contributed by atoms with E-state index in [1.807, 2.05) is 44.2 Å². The van der Waals surface area contributed by atoms with Crippen LogP contribution in [-0.2, 0) is 0 Å². The van der Waals surface area contributed by atoms with Crippen LogP contribution in [0.2, 0.25) is 0 Å². The number of nitrogens with zero attached hydrogens (tertiary/aromatic N) is 3. The number of hydrogen-bond acceptors (Lipinski definition) is 5. The lowest BCUT2D eigenvalue weighted by Crippen LogP contribution is -2.34. The number of pyridine rings is 1. The number of hydrogen-bond donors (Lipinski definition) is 2. The molecule has 2 N–H and O–H groups in total. The van der Waals surface area contributed by atoms with E-state index in [2.05, 4.69) is 20.7 Å². The molecular formula is C20H23N5O2. The molecule has 0 bridgehead atoms. The molecule has 7 heteroatoms. The first-order valence-electron chi connectivity index (χ1n) is 9.21. The van der Waals surface area contributed by atoms with E-state index in [9.17, 15) is 4.79 Å². The van der Waals surface area contributed by atoms with E-state index in [1.54, 1.807) is 10.7 Å². The number of ether oxygens (including phenoxy) is 1. The van der Waals surface area contributed by atoms with Crippen LogP contribution in [0.25, 0.3) is 5.65 Å². The second kappa shape index (κ2) is 7.36. The first kappa shape index (κ1) is 17.5. The molecule has 3 aromatic rings. The molecule has 1 aliphatic rings. The van der Waals surface area contributed by atoms with E-state index in [0.717, 1.165) is 48.6 Å². The number of fused-ring (bicyclic) bond motifs is 1. The number of piperidine rings is 1. The third kappa shape index (κ3) is 3.93. The summed E-state index contributed by atoms with van der Waals surface area (Å²) < 4.78 is 7.64. The summed E-state index contributed by atoms with van der Waals surface area (Å²) >= 11 is 0. The standard InChI is InChI=1S/C20H23N5O2/c1-13-11-15(12-25-19(13)22-14(2)24-25)20(26)23-16-3-5-17(6-4-16)27-18-7-9-21-10-8-18/h3-6,11-12,18,21H,7-10H2,1-2H3,(H,23,26). The molecule has 27 heavy (non-hydrogen) atoms. The minimum atomic E-state index is -0.180. The molecule has 1 saturated heterocycles. The number of aryl methyl sites for hydroxylation is 2. The van der Waals surface area contributed by atoms with Crippen molar-refractivity contribution >= 4 is 17.2 Å². The van der Waals surface area contributed by atoms with Crippen LogP contribution in [0.5, 0.6) is 5.75 Å². The van der Waals surface area contributed by atoms with Crippen molar-refractivity contribution in [2.45, 2.75) is 32.8 Å². The first-order valence-corrected chi connectivity index (χ1v) is 9.21. The van der Waals surface area contributed by atoms with Crippen LogP contribution in [-0.4, -0.2) is 39.7 Å². The van der Waals surface area contributed by atoms with Crippen molar-refractivity contribution in [3.63, 3.8) is 0 Å². The van der Waals surface area contributed by atoms with Crippen molar-refractivity contribution in [2.75, 3.05) is 18.4 Å². The Hall–Kier alpha value is -2.93. The lowest BCUT2D eigenvalue weighted by Gasteiger charge is -2.23. The molecule has 1 aromatic carbocycles. The van der Waals surface area contributed by atoms with Crippen molar-refractivity contribution in [3.05, 3.63) is 53.5 Å². The Kier molecular flexibility index (Phi) is 4.77. The molecule has 1 fully saturated rings. The summed E-state index contributed by atoms with van der Waals surface area (Å²) in [6.45, 7) is 5.74. The van der Waals surface area contributed by atoms with Crippen LogP contribution in [0.1, 0.15) is 34.6 Å². The van der Waals surface area contributed by atoms with Gasteiger partial charge in [0.1, 0.15) is 17.7 Å². The third-order valence-corrected chi connectivity index (χ3v) is 4.69. The average molecular weight is 365 g/mol. The lowest BCUT2D eigenvalue weighted by molar-refractivity contribution is 0.102. The lowest BCUT2D eigenvalue weighted by atomic mass is 10.1. The molecule has 0 radical (unpaired) electrons. The van der Waals surface area contributed by atoms with Crippen molar-refractivity contribution in [2.24, 2.45) is 0 Å². The summed E-state index contributed by atoms with van der Waals surface area (Å²) in [6, 6.07) is 9.34. The molecule has 140 valence electrons. The van der Waals surface area contributed by atoms with Crippen LogP contribution in [0, 0.1) is 13.8 Å². The SMILES string of the molecule is Cc1nc2c(C)cc(C(=O)Nc3ccc(OC4CCNCC4)cc3)cn2n1. The predicted octanol–water partition coefficient (Wildman–Crippen LogP) is 2.73. The van der Waals surface area contributed by atoms with E-state index in [0.29, 0.717) is 11.4 Å². The molecule has 2 aromatic heterocycles. The van der Waals surface area contributed by atoms with Gasteiger partial charge < -0.3 is 15.4 Å². The van der Waals surface area contributed by atoms with Gasteiger partial charge in [-0.25, -0.2) is 9.50 Å². The van der Waals surface area contributed by atoms with Gasteiger partial charge in [-0.15, -0.1) is 0 Å². The molecule has 0 saturated carbocycles. The maximum Gasteiger partial charge on any atom is 0.257 e. The number of rotatable bonds is 4. The number of aromatic nitrogens is 3. The number of benzene rings is 1. The van der Waals surface area contributed by atoms with Gasteiger partial charge in [-0.05, 0) is 75.7 Å². The van der Waals surface area contributed by atoms with Gasteiger partial charge in [-0.3, -0.25) is 4.79 Å². The van der Waals surface area contributed by atoms with Crippen LogP contribution >= 0.6 is 0 Å². The van der Waals surface area contributed by atoms with Gasteiger partial charge in [-0.2, -0.15) is 5.10 Å². The quantitative estimate of drug-likeness (QED) is 0.743. The fourth-order valence-electron chi connectivity index (χ4n) is 3.31. The van der Waals surface area contributed by atoms with Crippen molar-refractivity contribution < 1.29 is 9.53 Å². The highest BCUT2D eigenvalue weighted by Gasteiger charge is 2.15. The number of nitrogens with one attached hydrogen (secondary N) is 2. The van der Waals surface area contributed by atoms with Gasteiger partial charge >= 0.3 is 0 Å². The van der Waals surface area contributed by atoms with Crippen LogP contribution < -0.4 is 15.4 Å². The van der Waals surface area contributed by atoms with Gasteiger partial charge in [0.15, 0.2) is 5.65 Å². The molecule has 3 heterocycles. The molecule has 0 atom stereocenters. The third-order valence-electron chi connectivity index (χ3n) is 4.69. The second-order valence-corrected chi connectivity index (χ2v) is 6.88. The van der Waals surface area contributed by atoms with Gasteiger partial charge in [0.2, 0.25) is 0 Å². The Morgan fingerprint density at radius 3 is 2.70 bits per heavy atom. The van der Waals surface area contributed by atoms with Gasteiger partial charge in [0.05, 0.1) is 5.56 Å². The fraction of sp³-hybridized carbons (Fsp3) is 0.350. The molecule has 4 rings (SSSR count). The molecule has 1 amide bonds. The highest BCUT2D eigenvalue weighted by molar-refractivity contribution is 6.04. The summed E-state index contributed by atoms with van der Waals surface area (Å²) in [5.41, 5.74) is 2.95. The molecule has 0 spiro atoms. The monoisotopic (exact) mass is 365 g/mol. The van der Waals surface area contributed by atoms with Crippen molar-refractivity contribution in [1.82, 2.24) is 19.9 Å². The Balaban J connectivity index is 1.44. The first-order chi connectivity index (χ1) is 13.1. The van der Waals surface area contributed by atoms with E-state index in [-0.39, 0.29) is 12.0 Å². The Morgan fingerprint density at radius 2 is 1.96 bits per heavy atom. The topological polar surface area (TPSA) is 80.5 Å². The molecular weight excluding hydrogens is 342 g/mol. The van der Waals surface area contributed by atoms with Gasteiger partial charge in [0.25, 0.3) is 5.91 Å². The average Bonchev–Trinajstić information content (AvgIpc) is 3.05. The predicted molar refractivity (Wildman–Crippen MR) is 103 cm³/mol. The van der Waals surface area contributed by atoms with Gasteiger partial charge in [0, 0.05) is 11.9 Å². The minimum absolute atomic E-state index is 0.180. The number of carbonyl (C=O) groups is 1. The van der Waals surface area contributed by atoms with Crippen LogP contribution in [0.15, 0.2) is 36.5 Å². The Labute approximate surface area is 157 Å². The second-order valence-electron chi connectivity index (χ2n) is 6.88. The maximum atomic E-state index is 12.6. The fourth-order valence-corrected chi connectivity index (χ4v) is 3.31. The number of carbonyl (C=O) groups excluding carboxylic acids is 1. The van der Waals surface area contributed by atoms with E-state index < -0.39 is 0 Å². The van der Waals surface area contributed by atoms with E-state index in [4.69, 9.17) is 4.74 Å². The summed E-state index contributed by atoms with van der Waals surface area (Å²) in [5, 5.41) is 10.5.